The highest BCUT2D eigenvalue weighted by molar-refractivity contribution is 5.81. The summed E-state index contributed by atoms with van der Waals surface area (Å²) in [6, 6.07) is 12.3. The summed E-state index contributed by atoms with van der Waals surface area (Å²) in [7, 11) is 1.70. The zero-order chi connectivity index (χ0) is 15.7. The van der Waals surface area contributed by atoms with Gasteiger partial charge in [0.1, 0.15) is 5.75 Å². The van der Waals surface area contributed by atoms with Crippen molar-refractivity contribution >= 4 is 0 Å². The van der Waals surface area contributed by atoms with Crippen molar-refractivity contribution in [1.82, 2.24) is 10.2 Å². The smallest absolute Gasteiger partial charge is 0.248 e. The van der Waals surface area contributed by atoms with Crippen LogP contribution in [-0.4, -0.2) is 17.3 Å². The van der Waals surface area contributed by atoms with E-state index in [0.717, 1.165) is 33.6 Å². The Morgan fingerprint density at radius 2 is 1.55 bits per heavy atom. The zero-order valence-corrected chi connectivity index (χ0v) is 13.2. The number of aryl methyl sites for hydroxylation is 3. The van der Waals surface area contributed by atoms with Crippen LogP contribution in [0.15, 0.2) is 40.8 Å². The summed E-state index contributed by atoms with van der Waals surface area (Å²) in [5, 5.41) is 8.06. The van der Waals surface area contributed by atoms with Crippen LogP contribution >= 0.6 is 0 Å². The Balaban J connectivity index is 2.17. The Hall–Kier alpha value is -2.62. The molecule has 3 rings (SSSR count). The summed E-state index contributed by atoms with van der Waals surface area (Å²) < 4.78 is 11.0. The number of hydrogen-bond acceptors (Lipinski definition) is 4. The minimum Gasteiger partial charge on any atom is -0.496 e. The maximum Gasteiger partial charge on any atom is 0.248 e. The van der Waals surface area contributed by atoms with Gasteiger partial charge in [-0.25, -0.2) is 0 Å². The normalized spacial score (nSPS) is 10.7. The van der Waals surface area contributed by atoms with E-state index in [9.17, 15) is 0 Å². The number of ether oxygens (including phenoxy) is 1. The summed E-state index contributed by atoms with van der Waals surface area (Å²) in [6.07, 6.45) is 0. The van der Waals surface area contributed by atoms with E-state index in [1.807, 2.05) is 18.2 Å². The first-order valence-corrected chi connectivity index (χ1v) is 7.15. The van der Waals surface area contributed by atoms with Crippen LogP contribution in [0.25, 0.3) is 22.6 Å². The molecule has 0 bridgehead atoms. The van der Waals surface area contributed by atoms with Crippen LogP contribution in [0.1, 0.15) is 17.0 Å². The van der Waals surface area contributed by atoms with E-state index < -0.39 is 0 Å². The Morgan fingerprint density at radius 3 is 2.09 bits per heavy atom. The Bertz CT molecular complexity index is 798. The molecule has 0 aliphatic rings. The molecule has 0 atom stereocenters. The summed E-state index contributed by atoms with van der Waals surface area (Å²) in [5.41, 5.74) is 5.33. The molecule has 22 heavy (non-hydrogen) atoms. The van der Waals surface area contributed by atoms with Crippen molar-refractivity contribution in [2.75, 3.05) is 7.11 Å². The quantitative estimate of drug-likeness (QED) is 0.721. The summed E-state index contributed by atoms with van der Waals surface area (Å²) in [6.45, 7) is 5.89. The second kappa shape index (κ2) is 5.64. The van der Waals surface area contributed by atoms with Gasteiger partial charge in [0.25, 0.3) is 0 Å². The zero-order valence-electron chi connectivity index (χ0n) is 13.2. The SMILES string of the molecule is COc1c(C)cc(-c2ccccc2-c2nnc(C)o2)cc1C. The third kappa shape index (κ3) is 2.48. The molecule has 3 aromatic rings. The molecule has 0 unspecified atom stereocenters. The van der Waals surface area contributed by atoms with Crippen LogP contribution in [0.2, 0.25) is 0 Å². The summed E-state index contributed by atoms with van der Waals surface area (Å²) in [5.74, 6) is 2.03. The minimum atomic E-state index is 0.541. The van der Waals surface area contributed by atoms with Crippen LogP contribution in [0.3, 0.4) is 0 Å². The molecule has 0 spiro atoms. The number of aromatic nitrogens is 2. The Morgan fingerprint density at radius 1 is 0.909 bits per heavy atom. The van der Waals surface area contributed by atoms with Gasteiger partial charge in [-0.1, -0.05) is 18.2 Å². The van der Waals surface area contributed by atoms with Crippen molar-refractivity contribution in [3.05, 3.63) is 53.4 Å². The van der Waals surface area contributed by atoms with Crippen LogP contribution in [-0.2, 0) is 0 Å². The number of benzene rings is 2. The number of hydrogen-bond donors (Lipinski definition) is 0. The van der Waals surface area contributed by atoms with Gasteiger partial charge in [0.2, 0.25) is 11.8 Å². The molecule has 2 aromatic carbocycles. The van der Waals surface area contributed by atoms with Gasteiger partial charge in [0.15, 0.2) is 0 Å². The van der Waals surface area contributed by atoms with Crippen LogP contribution in [0.4, 0.5) is 0 Å². The molecule has 0 saturated carbocycles. The number of nitrogens with zero attached hydrogens (tertiary/aromatic N) is 2. The summed E-state index contributed by atoms with van der Waals surface area (Å²) >= 11 is 0. The van der Waals surface area contributed by atoms with E-state index >= 15 is 0 Å². The molecule has 0 aliphatic heterocycles. The standard InChI is InChI=1S/C18H18N2O2/c1-11-9-14(10-12(2)17(11)21-4)15-7-5-6-8-16(15)18-20-19-13(3)22-18/h5-10H,1-4H3. The molecule has 4 heteroatoms. The van der Waals surface area contributed by atoms with Crippen molar-refractivity contribution in [3.63, 3.8) is 0 Å². The molecule has 0 fully saturated rings. The second-order valence-electron chi connectivity index (χ2n) is 5.32. The number of methoxy groups -OCH3 is 1. The molecule has 0 aliphatic carbocycles. The van der Waals surface area contributed by atoms with Gasteiger partial charge in [-0.2, -0.15) is 0 Å². The maximum absolute atomic E-state index is 5.59. The molecule has 0 N–H and O–H groups in total. The molecule has 0 saturated heterocycles. The fraction of sp³-hybridized carbons (Fsp3) is 0.222. The molecule has 0 amide bonds. The molecule has 1 aromatic heterocycles. The van der Waals surface area contributed by atoms with Crippen molar-refractivity contribution in [3.8, 4) is 28.3 Å². The van der Waals surface area contributed by atoms with Gasteiger partial charge in [0.05, 0.1) is 7.11 Å². The van der Waals surface area contributed by atoms with Crippen LogP contribution in [0, 0.1) is 20.8 Å². The average Bonchev–Trinajstić information content (AvgIpc) is 2.93. The van der Waals surface area contributed by atoms with Crippen LogP contribution in [0.5, 0.6) is 5.75 Å². The van der Waals surface area contributed by atoms with Gasteiger partial charge >= 0.3 is 0 Å². The van der Waals surface area contributed by atoms with E-state index in [4.69, 9.17) is 9.15 Å². The van der Waals surface area contributed by atoms with Gasteiger partial charge in [-0.15, -0.1) is 10.2 Å². The van der Waals surface area contributed by atoms with Gasteiger partial charge in [-0.05, 0) is 54.3 Å². The van der Waals surface area contributed by atoms with Crippen molar-refractivity contribution in [1.29, 1.82) is 0 Å². The van der Waals surface area contributed by atoms with Crippen molar-refractivity contribution in [2.24, 2.45) is 0 Å². The predicted molar refractivity (Wildman–Crippen MR) is 85.9 cm³/mol. The monoisotopic (exact) mass is 294 g/mol. The molecular formula is C18H18N2O2. The summed E-state index contributed by atoms with van der Waals surface area (Å²) in [4.78, 5) is 0. The largest absolute Gasteiger partial charge is 0.496 e. The maximum atomic E-state index is 5.59. The van der Waals surface area contributed by atoms with E-state index in [2.05, 4.69) is 42.2 Å². The van der Waals surface area contributed by atoms with Crippen molar-refractivity contribution < 1.29 is 9.15 Å². The average molecular weight is 294 g/mol. The highest BCUT2D eigenvalue weighted by Crippen LogP contribution is 2.35. The number of rotatable bonds is 3. The Kier molecular flexibility index (Phi) is 3.67. The van der Waals surface area contributed by atoms with Crippen molar-refractivity contribution in [2.45, 2.75) is 20.8 Å². The first-order valence-electron chi connectivity index (χ1n) is 7.15. The first-order chi connectivity index (χ1) is 10.6. The topological polar surface area (TPSA) is 48.2 Å². The molecule has 112 valence electrons. The third-order valence-electron chi connectivity index (χ3n) is 3.66. The minimum absolute atomic E-state index is 0.541. The lowest BCUT2D eigenvalue weighted by Gasteiger charge is -2.13. The highest BCUT2D eigenvalue weighted by Gasteiger charge is 2.14. The Labute approximate surface area is 129 Å². The highest BCUT2D eigenvalue weighted by atomic mass is 16.5. The van der Waals surface area contributed by atoms with E-state index in [1.54, 1.807) is 14.0 Å². The lowest BCUT2D eigenvalue weighted by molar-refractivity contribution is 0.408. The van der Waals surface area contributed by atoms with E-state index in [0.29, 0.717) is 11.8 Å². The molecular weight excluding hydrogens is 276 g/mol. The second-order valence-corrected chi connectivity index (χ2v) is 5.32. The fourth-order valence-electron chi connectivity index (χ4n) is 2.75. The van der Waals surface area contributed by atoms with Gasteiger partial charge < -0.3 is 9.15 Å². The first kappa shape index (κ1) is 14.3. The lowest BCUT2D eigenvalue weighted by Crippen LogP contribution is -1.93. The lowest BCUT2D eigenvalue weighted by atomic mass is 9.96. The molecule has 4 nitrogen and oxygen atoms in total. The fourth-order valence-corrected chi connectivity index (χ4v) is 2.75. The third-order valence-corrected chi connectivity index (χ3v) is 3.66. The molecule has 1 heterocycles. The van der Waals surface area contributed by atoms with Crippen LogP contribution < -0.4 is 4.74 Å². The van der Waals surface area contributed by atoms with E-state index in [-0.39, 0.29) is 0 Å². The van der Waals surface area contributed by atoms with Gasteiger partial charge in [0, 0.05) is 12.5 Å². The van der Waals surface area contributed by atoms with Gasteiger partial charge in [-0.3, -0.25) is 0 Å². The molecule has 0 radical (unpaired) electrons. The van der Waals surface area contributed by atoms with E-state index in [1.165, 1.54) is 0 Å². The predicted octanol–water partition coefficient (Wildman–Crippen LogP) is 4.34.